The predicted molar refractivity (Wildman–Crippen MR) is 73.2 cm³/mol. The van der Waals surface area contributed by atoms with Crippen LogP contribution in [-0.4, -0.2) is 33.0 Å². The Balaban J connectivity index is 2.37. The molecular formula is C13H15N3O5. The maximum absolute atomic E-state index is 12.3. The lowest BCUT2D eigenvalue weighted by molar-refractivity contribution is -0.137. The largest absolute Gasteiger partial charge is 0.481 e. The SMILES string of the molecule is CCC(CC(=O)O)NC(=O)c1c(C)oc2nc[nH]c(=O)c12. The zero-order valence-corrected chi connectivity index (χ0v) is 11.6. The van der Waals surface area contributed by atoms with E-state index in [0.717, 1.165) is 0 Å². The highest BCUT2D eigenvalue weighted by Gasteiger charge is 2.23. The first-order chi connectivity index (χ1) is 9.93. The van der Waals surface area contributed by atoms with E-state index in [4.69, 9.17) is 9.52 Å². The number of fused-ring (bicyclic) bond motifs is 1. The summed E-state index contributed by atoms with van der Waals surface area (Å²) >= 11 is 0. The third kappa shape index (κ3) is 2.93. The molecule has 0 fully saturated rings. The number of carbonyl (C=O) groups is 2. The number of rotatable bonds is 5. The van der Waals surface area contributed by atoms with Crippen molar-refractivity contribution in [3.63, 3.8) is 0 Å². The molecule has 1 amide bonds. The molecule has 0 spiro atoms. The van der Waals surface area contributed by atoms with Crippen LogP contribution in [-0.2, 0) is 4.79 Å². The van der Waals surface area contributed by atoms with Gasteiger partial charge in [-0.15, -0.1) is 0 Å². The molecule has 1 unspecified atom stereocenters. The van der Waals surface area contributed by atoms with Crippen LogP contribution in [0.4, 0.5) is 0 Å². The lowest BCUT2D eigenvalue weighted by Gasteiger charge is -2.14. The summed E-state index contributed by atoms with van der Waals surface area (Å²) < 4.78 is 5.29. The van der Waals surface area contributed by atoms with Gasteiger partial charge < -0.3 is 19.8 Å². The number of nitrogens with one attached hydrogen (secondary N) is 2. The van der Waals surface area contributed by atoms with Crippen molar-refractivity contribution in [2.24, 2.45) is 0 Å². The van der Waals surface area contributed by atoms with Crippen LogP contribution < -0.4 is 10.9 Å². The number of carboxylic acids is 1. The Labute approximate surface area is 119 Å². The van der Waals surface area contributed by atoms with E-state index in [1.54, 1.807) is 13.8 Å². The van der Waals surface area contributed by atoms with Gasteiger partial charge in [0, 0.05) is 6.04 Å². The molecule has 0 radical (unpaired) electrons. The highest BCUT2D eigenvalue weighted by atomic mass is 16.4. The first-order valence-electron chi connectivity index (χ1n) is 6.43. The first-order valence-corrected chi connectivity index (χ1v) is 6.43. The summed E-state index contributed by atoms with van der Waals surface area (Å²) in [5.74, 6) is -1.29. The Hall–Kier alpha value is -2.64. The quantitative estimate of drug-likeness (QED) is 0.749. The van der Waals surface area contributed by atoms with Gasteiger partial charge in [0.25, 0.3) is 11.5 Å². The molecule has 8 heteroatoms. The fourth-order valence-electron chi connectivity index (χ4n) is 2.09. The van der Waals surface area contributed by atoms with Crippen molar-refractivity contribution in [1.29, 1.82) is 0 Å². The number of H-pyrrole nitrogens is 1. The van der Waals surface area contributed by atoms with E-state index in [1.165, 1.54) is 6.33 Å². The summed E-state index contributed by atoms with van der Waals surface area (Å²) in [6, 6.07) is -0.518. The molecule has 0 saturated carbocycles. The van der Waals surface area contributed by atoms with Crippen molar-refractivity contribution < 1.29 is 19.1 Å². The maximum Gasteiger partial charge on any atom is 0.305 e. The molecule has 2 aromatic heterocycles. The van der Waals surface area contributed by atoms with Gasteiger partial charge in [-0.3, -0.25) is 14.4 Å². The van der Waals surface area contributed by atoms with Crippen molar-refractivity contribution in [2.45, 2.75) is 32.7 Å². The Bertz CT molecular complexity index is 746. The highest BCUT2D eigenvalue weighted by molar-refractivity contribution is 6.06. The zero-order chi connectivity index (χ0) is 15.6. The second-order valence-corrected chi connectivity index (χ2v) is 4.62. The second-order valence-electron chi connectivity index (χ2n) is 4.62. The van der Waals surface area contributed by atoms with Crippen LogP contribution in [0.1, 0.15) is 35.9 Å². The number of nitrogens with zero attached hydrogens (tertiary/aromatic N) is 1. The number of aromatic amines is 1. The standard InChI is InChI=1S/C13H15N3O5/c1-3-7(4-8(17)18)16-12(20)9-6(2)21-13-10(9)11(19)14-5-15-13/h5,7H,3-4H2,1-2H3,(H,16,20)(H,17,18)(H,14,15,19). The van der Waals surface area contributed by atoms with Crippen LogP contribution in [0.2, 0.25) is 0 Å². The highest BCUT2D eigenvalue weighted by Crippen LogP contribution is 2.20. The smallest absolute Gasteiger partial charge is 0.305 e. The monoisotopic (exact) mass is 293 g/mol. The van der Waals surface area contributed by atoms with E-state index < -0.39 is 23.5 Å². The Morgan fingerprint density at radius 2 is 2.24 bits per heavy atom. The number of aryl methyl sites for hydroxylation is 1. The number of hydrogen-bond acceptors (Lipinski definition) is 5. The molecule has 3 N–H and O–H groups in total. The summed E-state index contributed by atoms with van der Waals surface area (Å²) in [6.45, 7) is 3.32. The van der Waals surface area contributed by atoms with Crippen molar-refractivity contribution in [1.82, 2.24) is 15.3 Å². The van der Waals surface area contributed by atoms with Crippen LogP contribution in [0.25, 0.3) is 11.1 Å². The number of aromatic nitrogens is 2. The average molecular weight is 293 g/mol. The van der Waals surface area contributed by atoms with Crippen molar-refractivity contribution in [3.05, 3.63) is 28.0 Å². The molecule has 21 heavy (non-hydrogen) atoms. The minimum atomic E-state index is -1.00. The molecular weight excluding hydrogens is 278 g/mol. The lowest BCUT2D eigenvalue weighted by Crippen LogP contribution is -2.36. The normalized spacial score (nSPS) is 12.3. The van der Waals surface area contributed by atoms with E-state index in [1.807, 2.05) is 0 Å². The van der Waals surface area contributed by atoms with Gasteiger partial charge in [0.2, 0.25) is 5.71 Å². The topological polar surface area (TPSA) is 125 Å². The Morgan fingerprint density at radius 3 is 2.86 bits per heavy atom. The van der Waals surface area contributed by atoms with Crippen LogP contribution in [0.5, 0.6) is 0 Å². The molecule has 2 rings (SSSR count). The van der Waals surface area contributed by atoms with E-state index >= 15 is 0 Å². The summed E-state index contributed by atoms with van der Waals surface area (Å²) in [5.41, 5.74) is -0.316. The van der Waals surface area contributed by atoms with E-state index in [2.05, 4.69) is 15.3 Å². The summed E-state index contributed by atoms with van der Waals surface area (Å²) in [4.78, 5) is 41.1. The summed E-state index contributed by atoms with van der Waals surface area (Å²) in [5, 5.41) is 11.5. The van der Waals surface area contributed by atoms with Crippen LogP contribution in [0.15, 0.2) is 15.5 Å². The van der Waals surface area contributed by atoms with Gasteiger partial charge in [-0.1, -0.05) is 6.92 Å². The van der Waals surface area contributed by atoms with Crippen molar-refractivity contribution in [3.8, 4) is 0 Å². The molecule has 0 bridgehead atoms. The zero-order valence-electron chi connectivity index (χ0n) is 11.6. The Kier molecular flexibility index (Phi) is 4.06. The van der Waals surface area contributed by atoms with Gasteiger partial charge in [-0.25, -0.2) is 4.98 Å². The van der Waals surface area contributed by atoms with Crippen LogP contribution in [0, 0.1) is 6.92 Å². The fourth-order valence-corrected chi connectivity index (χ4v) is 2.09. The molecule has 8 nitrogen and oxygen atoms in total. The first kappa shape index (κ1) is 14.8. The number of aliphatic carboxylic acids is 1. The van der Waals surface area contributed by atoms with E-state index in [9.17, 15) is 14.4 Å². The molecule has 2 heterocycles. The van der Waals surface area contributed by atoms with Crippen LogP contribution in [0.3, 0.4) is 0 Å². The van der Waals surface area contributed by atoms with E-state index in [0.29, 0.717) is 6.42 Å². The third-order valence-electron chi connectivity index (χ3n) is 3.15. The predicted octanol–water partition coefficient (Wildman–Crippen LogP) is 0.808. The lowest BCUT2D eigenvalue weighted by atomic mass is 10.1. The summed E-state index contributed by atoms with van der Waals surface area (Å²) in [7, 11) is 0. The molecule has 0 aliphatic heterocycles. The van der Waals surface area contributed by atoms with E-state index in [-0.39, 0.29) is 28.8 Å². The Morgan fingerprint density at radius 1 is 1.52 bits per heavy atom. The van der Waals surface area contributed by atoms with Gasteiger partial charge in [0.05, 0.1) is 18.3 Å². The number of hydrogen-bond donors (Lipinski definition) is 3. The van der Waals surface area contributed by atoms with Crippen molar-refractivity contribution in [2.75, 3.05) is 0 Å². The average Bonchev–Trinajstić information content (AvgIpc) is 2.75. The number of carboxylic acid groups (broad SMARTS) is 1. The number of furan rings is 1. The van der Waals surface area contributed by atoms with Gasteiger partial charge in [-0.05, 0) is 13.3 Å². The molecule has 0 aromatic carbocycles. The minimum absolute atomic E-state index is 0.0673. The second kappa shape index (κ2) is 5.78. The summed E-state index contributed by atoms with van der Waals surface area (Å²) in [6.07, 6.45) is 1.46. The maximum atomic E-state index is 12.3. The third-order valence-corrected chi connectivity index (χ3v) is 3.15. The molecule has 1 atom stereocenters. The fraction of sp³-hybridized carbons (Fsp3) is 0.385. The van der Waals surface area contributed by atoms with Gasteiger partial charge in [0.15, 0.2) is 0 Å². The minimum Gasteiger partial charge on any atom is -0.481 e. The molecule has 0 aliphatic rings. The number of amides is 1. The van der Waals surface area contributed by atoms with Gasteiger partial charge in [0.1, 0.15) is 11.1 Å². The number of carbonyl (C=O) groups excluding carboxylic acids is 1. The molecule has 112 valence electrons. The van der Waals surface area contributed by atoms with Crippen molar-refractivity contribution >= 4 is 23.0 Å². The van der Waals surface area contributed by atoms with Gasteiger partial charge in [-0.2, -0.15) is 0 Å². The molecule has 0 saturated heterocycles. The van der Waals surface area contributed by atoms with Crippen LogP contribution >= 0.6 is 0 Å². The van der Waals surface area contributed by atoms with Gasteiger partial charge >= 0.3 is 5.97 Å². The molecule has 0 aliphatic carbocycles. The molecule has 2 aromatic rings.